The summed E-state index contributed by atoms with van der Waals surface area (Å²) in [6, 6.07) is 2.01. The molecule has 4 atom stereocenters. The average Bonchev–Trinajstić information content (AvgIpc) is 2.59. The first-order valence-electron chi connectivity index (χ1n) is 5.60. The van der Waals surface area contributed by atoms with Gasteiger partial charge in [0, 0.05) is 18.6 Å². The van der Waals surface area contributed by atoms with Crippen LogP contribution in [0.2, 0.25) is 0 Å². The van der Waals surface area contributed by atoms with E-state index in [1.165, 1.54) is 38.6 Å². The first-order chi connectivity index (χ1) is 5.84. The summed E-state index contributed by atoms with van der Waals surface area (Å²) in [4.78, 5) is 2.84. The third kappa shape index (κ3) is 0.891. The number of nitrogens with zero attached hydrogens (tertiary/aromatic N) is 1. The van der Waals surface area contributed by atoms with Gasteiger partial charge in [-0.25, -0.2) is 0 Å². The summed E-state index contributed by atoms with van der Waals surface area (Å²) < 4.78 is 0. The van der Waals surface area contributed by atoms with E-state index in [4.69, 9.17) is 0 Å². The Morgan fingerprint density at radius 1 is 1.17 bits per heavy atom. The lowest BCUT2D eigenvalue weighted by molar-refractivity contribution is 0.230. The van der Waals surface area contributed by atoms with Crippen molar-refractivity contribution >= 4 is 0 Å². The number of hydrogen-bond acceptors (Lipinski definition) is 1. The molecule has 2 heterocycles. The second kappa shape index (κ2) is 2.47. The minimum atomic E-state index is 0.983. The van der Waals surface area contributed by atoms with Crippen LogP contribution in [0.3, 0.4) is 0 Å². The maximum absolute atomic E-state index is 2.84. The normalized spacial score (nSPS) is 52.8. The quantitative estimate of drug-likeness (QED) is 0.532. The van der Waals surface area contributed by atoms with Crippen LogP contribution in [0.15, 0.2) is 0 Å². The van der Waals surface area contributed by atoms with E-state index in [1.54, 1.807) is 0 Å². The van der Waals surface area contributed by atoms with Crippen LogP contribution in [0.1, 0.15) is 39.0 Å². The van der Waals surface area contributed by atoms with E-state index in [1.807, 2.05) is 0 Å². The average molecular weight is 165 g/mol. The van der Waals surface area contributed by atoms with Gasteiger partial charge in [-0.05, 0) is 37.5 Å². The lowest BCUT2D eigenvalue weighted by Gasteiger charge is -2.22. The Hall–Kier alpha value is -0.0400. The summed E-state index contributed by atoms with van der Waals surface area (Å²) in [6.07, 6.45) is 7.58. The molecule has 3 aliphatic rings. The molecular formula is C11H19N. The molecule has 0 amide bonds. The molecule has 0 radical (unpaired) electrons. The smallest absolute Gasteiger partial charge is 0.0127 e. The van der Waals surface area contributed by atoms with Gasteiger partial charge in [-0.1, -0.05) is 13.3 Å². The molecule has 0 spiro atoms. The predicted octanol–water partition coefficient (Wildman–Crippen LogP) is 2.27. The topological polar surface area (TPSA) is 3.24 Å². The molecule has 0 aromatic rings. The van der Waals surface area contributed by atoms with E-state index < -0.39 is 0 Å². The van der Waals surface area contributed by atoms with Gasteiger partial charge in [-0.3, -0.25) is 4.90 Å². The Bertz CT molecular complexity index is 189. The first-order valence-corrected chi connectivity index (χ1v) is 5.60. The number of hydrogen-bond donors (Lipinski definition) is 0. The van der Waals surface area contributed by atoms with Gasteiger partial charge in [-0.15, -0.1) is 0 Å². The number of rotatable bonds is 0. The molecule has 1 saturated carbocycles. The fourth-order valence-electron chi connectivity index (χ4n) is 3.90. The zero-order chi connectivity index (χ0) is 8.13. The van der Waals surface area contributed by atoms with E-state index in [0.29, 0.717) is 0 Å². The van der Waals surface area contributed by atoms with Crippen molar-refractivity contribution in [3.05, 3.63) is 0 Å². The minimum Gasteiger partial charge on any atom is -0.297 e. The maximum Gasteiger partial charge on any atom is 0.0127 e. The summed E-state index contributed by atoms with van der Waals surface area (Å²) >= 11 is 0. The fourth-order valence-corrected chi connectivity index (χ4v) is 3.90. The SMILES string of the molecule is C[C@H]1C[C@@H]2C[C@@H]3CCC[C@@H]3N2C1. The Balaban J connectivity index is 1.80. The van der Waals surface area contributed by atoms with Crippen molar-refractivity contribution in [2.75, 3.05) is 6.54 Å². The standard InChI is InChI=1S/C11H19N/c1-8-5-10-6-9-3-2-4-11(9)12(10)7-8/h8-11H,2-7H2,1H3/t8-,9-,10+,11-/m0/s1. The van der Waals surface area contributed by atoms with Crippen molar-refractivity contribution in [2.24, 2.45) is 11.8 Å². The molecule has 12 heavy (non-hydrogen) atoms. The van der Waals surface area contributed by atoms with Crippen molar-refractivity contribution in [3.8, 4) is 0 Å². The highest BCUT2D eigenvalue weighted by atomic mass is 15.2. The van der Waals surface area contributed by atoms with Crippen molar-refractivity contribution in [3.63, 3.8) is 0 Å². The molecular weight excluding hydrogens is 146 g/mol. The van der Waals surface area contributed by atoms with Gasteiger partial charge >= 0.3 is 0 Å². The molecule has 0 aromatic carbocycles. The Labute approximate surface area is 75.1 Å². The monoisotopic (exact) mass is 165 g/mol. The first kappa shape index (κ1) is 7.37. The molecule has 1 heteroatoms. The van der Waals surface area contributed by atoms with Crippen LogP contribution in [0.4, 0.5) is 0 Å². The molecule has 0 bridgehead atoms. The molecule has 3 fully saturated rings. The zero-order valence-electron chi connectivity index (χ0n) is 8.00. The highest BCUT2D eigenvalue weighted by Gasteiger charge is 2.46. The van der Waals surface area contributed by atoms with Crippen molar-refractivity contribution in [1.82, 2.24) is 4.90 Å². The lowest BCUT2D eigenvalue weighted by Crippen LogP contribution is -2.31. The molecule has 3 rings (SSSR count). The summed E-state index contributed by atoms with van der Waals surface area (Å²) in [5.74, 6) is 2.08. The fraction of sp³-hybridized carbons (Fsp3) is 1.00. The summed E-state index contributed by atoms with van der Waals surface area (Å²) in [6.45, 7) is 3.83. The van der Waals surface area contributed by atoms with Gasteiger partial charge in [0.15, 0.2) is 0 Å². The molecule has 68 valence electrons. The van der Waals surface area contributed by atoms with E-state index in [-0.39, 0.29) is 0 Å². The second-order valence-corrected chi connectivity index (χ2v) is 5.19. The largest absolute Gasteiger partial charge is 0.297 e. The van der Waals surface area contributed by atoms with Gasteiger partial charge in [0.2, 0.25) is 0 Å². The molecule has 2 aliphatic heterocycles. The van der Waals surface area contributed by atoms with E-state index in [0.717, 1.165) is 23.9 Å². The van der Waals surface area contributed by atoms with Crippen LogP contribution >= 0.6 is 0 Å². The third-order valence-corrected chi connectivity index (χ3v) is 4.29. The van der Waals surface area contributed by atoms with Gasteiger partial charge < -0.3 is 0 Å². The molecule has 0 aromatic heterocycles. The summed E-state index contributed by atoms with van der Waals surface area (Å²) in [5, 5.41) is 0. The lowest BCUT2D eigenvalue weighted by atomic mass is 9.97. The van der Waals surface area contributed by atoms with E-state index >= 15 is 0 Å². The van der Waals surface area contributed by atoms with Crippen LogP contribution < -0.4 is 0 Å². The zero-order valence-corrected chi connectivity index (χ0v) is 8.00. The predicted molar refractivity (Wildman–Crippen MR) is 50.0 cm³/mol. The van der Waals surface area contributed by atoms with Crippen LogP contribution in [0, 0.1) is 11.8 Å². The minimum absolute atomic E-state index is 0.983. The molecule has 1 aliphatic carbocycles. The van der Waals surface area contributed by atoms with Gasteiger partial charge in [-0.2, -0.15) is 0 Å². The Morgan fingerprint density at radius 2 is 2.08 bits per heavy atom. The molecule has 0 N–H and O–H groups in total. The third-order valence-electron chi connectivity index (χ3n) is 4.29. The van der Waals surface area contributed by atoms with Crippen LogP contribution in [-0.2, 0) is 0 Å². The highest BCUT2D eigenvalue weighted by Crippen LogP contribution is 2.45. The van der Waals surface area contributed by atoms with Crippen molar-refractivity contribution < 1.29 is 0 Å². The molecule has 0 unspecified atom stereocenters. The van der Waals surface area contributed by atoms with E-state index in [9.17, 15) is 0 Å². The van der Waals surface area contributed by atoms with Gasteiger partial charge in [0.05, 0.1) is 0 Å². The van der Waals surface area contributed by atoms with Crippen LogP contribution in [0.25, 0.3) is 0 Å². The highest BCUT2D eigenvalue weighted by molar-refractivity contribution is 5.01. The van der Waals surface area contributed by atoms with Crippen molar-refractivity contribution in [2.45, 2.75) is 51.1 Å². The molecule has 1 nitrogen and oxygen atoms in total. The van der Waals surface area contributed by atoms with E-state index in [2.05, 4.69) is 11.8 Å². The number of fused-ring (bicyclic) bond motifs is 3. The van der Waals surface area contributed by atoms with Crippen molar-refractivity contribution in [1.29, 1.82) is 0 Å². The molecule has 2 saturated heterocycles. The van der Waals surface area contributed by atoms with Crippen LogP contribution in [0.5, 0.6) is 0 Å². The Morgan fingerprint density at radius 3 is 3.00 bits per heavy atom. The van der Waals surface area contributed by atoms with Gasteiger partial charge in [0.25, 0.3) is 0 Å². The van der Waals surface area contributed by atoms with Crippen LogP contribution in [-0.4, -0.2) is 23.5 Å². The summed E-state index contributed by atoms with van der Waals surface area (Å²) in [7, 11) is 0. The maximum atomic E-state index is 2.84. The Kier molecular flexibility index (Phi) is 1.52. The summed E-state index contributed by atoms with van der Waals surface area (Å²) in [5.41, 5.74) is 0. The van der Waals surface area contributed by atoms with Gasteiger partial charge in [0.1, 0.15) is 0 Å². The second-order valence-electron chi connectivity index (χ2n) is 5.19.